The minimum atomic E-state index is -0.868. The van der Waals surface area contributed by atoms with Gasteiger partial charge in [-0.05, 0) is 31.1 Å². The number of aliphatic carboxylic acids is 1. The number of carboxylic acids is 1. The molecule has 2 bridgehead atoms. The quantitative estimate of drug-likeness (QED) is 0.712. The highest BCUT2D eigenvalue weighted by Gasteiger charge is 2.52. The highest BCUT2D eigenvalue weighted by Crippen LogP contribution is 2.48. The lowest BCUT2D eigenvalue weighted by molar-refractivity contribution is -0.152. The highest BCUT2D eigenvalue weighted by atomic mass is 16.4. The predicted octanol–water partition coefficient (Wildman–Crippen LogP) is 0.493. The van der Waals surface area contributed by atoms with Crippen LogP contribution in [0.15, 0.2) is 12.2 Å². The lowest BCUT2D eigenvalue weighted by Gasteiger charge is -2.35. The van der Waals surface area contributed by atoms with Crippen LogP contribution in [-0.2, 0) is 9.59 Å². The average Bonchev–Trinajstić information content (AvgIpc) is 2.97. The molecule has 0 aromatic carbocycles. The summed E-state index contributed by atoms with van der Waals surface area (Å²) in [5, 5.41) is 19.0. The Morgan fingerprint density at radius 2 is 1.84 bits per heavy atom. The Balaban J connectivity index is 1.78. The van der Waals surface area contributed by atoms with E-state index in [9.17, 15) is 19.8 Å². The number of β-amino-alcohol motifs (C(OH)–C–C–N with tert-alkyl or cyclic N) is 1. The van der Waals surface area contributed by atoms with Crippen molar-refractivity contribution in [3.8, 4) is 0 Å². The van der Waals surface area contributed by atoms with E-state index in [1.165, 1.54) is 0 Å². The minimum absolute atomic E-state index is 0.00571. The maximum atomic E-state index is 12.6. The van der Waals surface area contributed by atoms with E-state index in [1.54, 1.807) is 4.90 Å². The SMILES string of the molecule is O=C(O)C1C2C=CC(C2)C1C(=O)N1CCC[C@H](O)C1. The molecule has 5 nitrogen and oxygen atoms in total. The Morgan fingerprint density at radius 3 is 2.47 bits per heavy atom. The summed E-state index contributed by atoms with van der Waals surface area (Å²) < 4.78 is 0. The van der Waals surface area contributed by atoms with Crippen LogP contribution in [-0.4, -0.2) is 46.2 Å². The zero-order chi connectivity index (χ0) is 13.6. The summed E-state index contributed by atoms with van der Waals surface area (Å²) >= 11 is 0. The molecule has 5 heteroatoms. The van der Waals surface area contributed by atoms with Gasteiger partial charge in [-0.2, -0.15) is 0 Å². The number of hydrogen-bond acceptors (Lipinski definition) is 3. The number of aliphatic hydroxyl groups is 1. The molecule has 3 rings (SSSR count). The number of amides is 1. The van der Waals surface area contributed by atoms with Gasteiger partial charge in [-0.3, -0.25) is 9.59 Å². The van der Waals surface area contributed by atoms with E-state index >= 15 is 0 Å². The molecular formula is C14H19NO4. The van der Waals surface area contributed by atoms with Gasteiger partial charge in [-0.1, -0.05) is 12.2 Å². The van der Waals surface area contributed by atoms with Crippen molar-refractivity contribution in [3.63, 3.8) is 0 Å². The second-order valence-corrected chi connectivity index (χ2v) is 5.92. The molecule has 2 aliphatic carbocycles. The van der Waals surface area contributed by atoms with E-state index in [1.807, 2.05) is 12.2 Å². The molecule has 2 fully saturated rings. The van der Waals surface area contributed by atoms with Gasteiger partial charge in [-0.15, -0.1) is 0 Å². The molecule has 3 aliphatic rings. The molecule has 104 valence electrons. The Bertz CT molecular complexity index is 433. The monoisotopic (exact) mass is 265 g/mol. The Morgan fingerprint density at radius 1 is 1.16 bits per heavy atom. The van der Waals surface area contributed by atoms with Gasteiger partial charge in [-0.25, -0.2) is 0 Å². The first-order chi connectivity index (χ1) is 9.08. The fourth-order valence-electron chi connectivity index (χ4n) is 3.86. The minimum Gasteiger partial charge on any atom is -0.481 e. The molecular weight excluding hydrogens is 246 g/mol. The van der Waals surface area contributed by atoms with Crippen molar-refractivity contribution in [1.82, 2.24) is 4.90 Å². The van der Waals surface area contributed by atoms with Crippen LogP contribution < -0.4 is 0 Å². The smallest absolute Gasteiger partial charge is 0.307 e. The maximum Gasteiger partial charge on any atom is 0.307 e. The lowest BCUT2D eigenvalue weighted by Crippen LogP contribution is -2.48. The normalized spacial score (nSPS) is 40.7. The number of carboxylic acid groups (broad SMARTS) is 1. The number of allylic oxidation sites excluding steroid dienone is 2. The van der Waals surface area contributed by atoms with Gasteiger partial charge >= 0.3 is 5.97 Å². The van der Waals surface area contributed by atoms with Crippen molar-refractivity contribution < 1.29 is 19.8 Å². The largest absolute Gasteiger partial charge is 0.481 e. The molecule has 19 heavy (non-hydrogen) atoms. The number of carbonyl (C=O) groups is 2. The van der Waals surface area contributed by atoms with Gasteiger partial charge < -0.3 is 15.1 Å². The number of carbonyl (C=O) groups excluding carboxylic acids is 1. The number of hydrogen-bond donors (Lipinski definition) is 2. The summed E-state index contributed by atoms with van der Waals surface area (Å²) in [6.45, 7) is 0.989. The number of aliphatic hydroxyl groups excluding tert-OH is 1. The van der Waals surface area contributed by atoms with Crippen LogP contribution >= 0.6 is 0 Å². The standard InChI is InChI=1S/C14H19NO4/c16-10-2-1-5-15(7-10)13(17)11-8-3-4-9(6-8)12(11)14(18)19/h3-4,8-12,16H,1-2,5-7H2,(H,18,19)/t8?,9?,10-,11?,12?/m0/s1. The third kappa shape index (κ3) is 2.06. The maximum absolute atomic E-state index is 12.6. The van der Waals surface area contributed by atoms with Crippen LogP contribution in [0.5, 0.6) is 0 Å². The molecule has 0 radical (unpaired) electrons. The van der Waals surface area contributed by atoms with Crippen molar-refractivity contribution in [1.29, 1.82) is 0 Å². The van der Waals surface area contributed by atoms with Crippen LogP contribution in [0.3, 0.4) is 0 Å². The fourth-order valence-corrected chi connectivity index (χ4v) is 3.86. The first-order valence-corrected chi connectivity index (χ1v) is 6.96. The lowest BCUT2D eigenvalue weighted by atomic mass is 9.81. The topological polar surface area (TPSA) is 77.8 Å². The number of fused-ring (bicyclic) bond motifs is 2. The first-order valence-electron chi connectivity index (χ1n) is 6.96. The Hall–Kier alpha value is -1.36. The molecule has 2 N–H and O–H groups in total. The van der Waals surface area contributed by atoms with Gasteiger partial charge in [0.25, 0.3) is 0 Å². The van der Waals surface area contributed by atoms with Crippen molar-refractivity contribution in [2.75, 3.05) is 13.1 Å². The number of nitrogens with zero attached hydrogens (tertiary/aromatic N) is 1. The average molecular weight is 265 g/mol. The van der Waals surface area contributed by atoms with E-state index in [0.29, 0.717) is 13.1 Å². The van der Waals surface area contributed by atoms with Crippen molar-refractivity contribution in [2.45, 2.75) is 25.4 Å². The molecule has 1 saturated carbocycles. The second kappa shape index (κ2) is 4.63. The van der Waals surface area contributed by atoms with Crippen LogP contribution in [0.4, 0.5) is 0 Å². The summed E-state index contributed by atoms with van der Waals surface area (Å²) in [4.78, 5) is 25.6. The molecule has 1 amide bonds. The van der Waals surface area contributed by atoms with Gasteiger partial charge in [0, 0.05) is 13.1 Å². The number of piperidine rings is 1. The van der Waals surface area contributed by atoms with E-state index in [2.05, 4.69) is 0 Å². The van der Waals surface area contributed by atoms with Crippen molar-refractivity contribution in [2.24, 2.45) is 23.7 Å². The Kier molecular flexibility index (Phi) is 3.09. The number of rotatable bonds is 2. The van der Waals surface area contributed by atoms with Crippen molar-refractivity contribution >= 4 is 11.9 Å². The molecule has 1 aliphatic heterocycles. The third-order valence-electron chi connectivity index (χ3n) is 4.74. The first kappa shape index (κ1) is 12.7. The van der Waals surface area contributed by atoms with E-state index in [-0.39, 0.29) is 17.7 Å². The second-order valence-electron chi connectivity index (χ2n) is 5.92. The van der Waals surface area contributed by atoms with Gasteiger partial charge in [0.05, 0.1) is 17.9 Å². The van der Waals surface area contributed by atoms with E-state index < -0.39 is 23.9 Å². The van der Waals surface area contributed by atoms with Gasteiger partial charge in [0.1, 0.15) is 0 Å². The van der Waals surface area contributed by atoms with Gasteiger partial charge in [0.15, 0.2) is 0 Å². The van der Waals surface area contributed by atoms with Gasteiger partial charge in [0.2, 0.25) is 5.91 Å². The summed E-state index contributed by atoms with van der Waals surface area (Å²) in [7, 11) is 0. The van der Waals surface area contributed by atoms with Crippen LogP contribution in [0, 0.1) is 23.7 Å². The van der Waals surface area contributed by atoms with Crippen LogP contribution in [0.2, 0.25) is 0 Å². The zero-order valence-corrected chi connectivity index (χ0v) is 10.7. The predicted molar refractivity (Wildman–Crippen MR) is 67.2 cm³/mol. The zero-order valence-electron chi connectivity index (χ0n) is 10.7. The van der Waals surface area contributed by atoms with E-state index in [0.717, 1.165) is 19.3 Å². The molecule has 0 aromatic rings. The molecule has 1 saturated heterocycles. The summed E-state index contributed by atoms with van der Waals surface area (Å²) in [5.41, 5.74) is 0. The Labute approximate surface area is 111 Å². The van der Waals surface area contributed by atoms with Crippen LogP contribution in [0.25, 0.3) is 0 Å². The third-order valence-corrected chi connectivity index (χ3v) is 4.74. The molecule has 1 heterocycles. The molecule has 5 atom stereocenters. The number of likely N-dealkylation sites (tertiary alicyclic amines) is 1. The van der Waals surface area contributed by atoms with Crippen LogP contribution in [0.1, 0.15) is 19.3 Å². The molecule has 0 aromatic heterocycles. The van der Waals surface area contributed by atoms with E-state index in [4.69, 9.17) is 0 Å². The summed E-state index contributed by atoms with van der Waals surface area (Å²) in [6.07, 6.45) is 5.77. The molecule has 4 unspecified atom stereocenters. The highest BCUT2D eigenvalue weighted by molar-refractivity contribution is 5.87. The molecule has 0 spiro atoms. The summed E-state index contributed by atoms with van der Waals surface area (Å²) in [5.74, 6) is -1.89. The fraction of sp³-hybridized carbons (Fsp3) is 0.714. The summed E-state index contributed by atoms with van der Waals surface area (Å²) in [6, 6.07) is 0. The van der Waals surface area contributed by atoms with Crippen molar-refractivity contribution in [3.05, 3.63) is 12.2 Å².